The van der Waals surface area contributed by atoms with Crippen LogP contribution in [0.2, 0.25) is 0 Å². The summed E-state index contributed by atoms with van der Waals surface area (Å²) in [6.45, 7) is 0.450. The number of thioether (sulfide) groups is 1. The molecule has 1 saturated heterocycles. The van der Waals surface area contributed by atoms with Crippen molar-refractivity contribution in [1.82, 2.24) is 4.90 Å². The maximum atomic E-state index is 12.9. The highest BCUT2D eigenvalue weighted by Gasteiger charge is 2.32. The molecule has 5 nitrogen and oxygen atoms in total. The van der Waals surface area contributed by atoms with Crippen LogP contribution in [0.4, 0.5) is 0 Å². The Hall–Kier alpha value is -2.51. The zero-order valence-electron chi connectivity index (χ0n) is 15.2. The third-order valence-corrected chi connectivity index (χ3v) is 5.46. The van der Waals surface area contributed by atoms with E-state index >= 15 is 0 Å². The fourth-order valence-electron chi connectivity index (χ4n) is 2.71. The molecule has 0 unspecified atom stereocenters. The number of nitrogens with zero attached hydrogens (tertiary/aromatic N) is 1. The highest BCUT2D eigenvalue weighted by atomic mass is 32.2. The predicted octanol–water partition coefficient (Wildman–Crippen LogP) is 4.11. The maximum absolute atomic E-state index is 12.9. The number of benzene rings is 2. The van der Waals surface area contributed by atoms with Crippen molar-refractivity contribution in [2.24, 2.45) is 0 Å². The van der Waals surface area contributed by atoms with Crippen molar-refractivity contribution in [2.75, 3.05) is 21.3 Å². The fourth-order valence-corrected chi connectivity index (χ4v) is 3.96. The Kier molecular flexibility index (Phi) is 6.03. The van der Waals surface area contributed by atoms with Gasteiger partial charge in [-0.1, -0.05) is 54.3 Å². The van der Waals surface area contributed by atoms with Crippen LogP contribution in [0.5, 0.6) is 17.2 Å². The smallest absolute Gasteiger partial charge is 0.266 e. The second-order valence-corrected chi connectivity index (χ2v) is 7.38. The molecule has 2 aromatic rings. The van der Waals surface area contributed by atoms with Crippen molar-refractivity contribution in [3.63, 3.8) is 0 Å². The van der Waals surface area contributed by atoms with E-state index in [1.807, 2.05) is 30.3 Å². The van der Waals surface area contributed by atoms with E-state index in [1.54, 1.807) is 44.4 Å². The lowest BCUT2D eigenvalue weighted by molar-refractivity contribution is -0.122. The summed E-state index contributed by atoms with van der Waals surface area (Å²) in [7, 11) is 4.69. The van der Waals surface area contributed by atoms with Gasteiger partial charge in [0.1, 0.15) is 10.1 Å². The molecule has 0 saturated carbocycles. The summed E-state index contributed by atoms with van der Waals surface area (Å²) in [6.07, 6.45) is 1.77. The van der Waals surface area contributed by atoms with Crippen LogP contribution in [0, 0.1) is 0 Å². The number of carbonyl (C=O) groups excluding carboxylic acids is 1. The van der Waals surface area contributed by atoms with E-state index in [1.165, 1.54) is 11.8 Å². The molecule has 1 fully saturated rings. The number of hydrogen-bond acceptors (Lipinski definition) is 6. The number of thiocarbonyl (C=S) groups is 1. The van der Waals surface area contributed by atoms with Crippen molar-refractivity contribution in [1.29, 1.82) is 0 Å². The number of methoxy groups -OCH3 is 3. The summed E-state index contributed by atoms with van der Waals surface area (Å²) in [5.74, 6) is 1.58. The molecule has 0 aromatic heterocycles. The van der Waals surface area contributed by atoms with E-state index in [2.05, 4.69) is 0 Å². The highest BCUT2D eigenvalue weighted by molar-refractivity contribution is 8.26. The van der Waals surface area contributed by atoms with E-state index in [0.717, 1.165) is 11.1 Å². The minimum absolute atomic E-state index is 0.120. The topological polar surface area (TPSA) is 48.0 Å². The van der Waals surface area contributed by atoms with Gasteiger partial charge in [0, 0.05) is 11.6 Å². The zero-order chi connectivity index (χ0) is 19.4. The van der Waals surface area contributed by atoms with E-state index in [-0.39, 0.29) is 5.91 Å². The van der Waals surface area contributed by atoms with E-state index in [9.17, 15) is 4.79 Å². The number of hydrogen-bond donors (Lipinski definition) is 0. The molecular formula is C20H19NO4S2. The first-order chi connectivity index (χ1) is 13.1. The first-order valence-corrected chi connectivity index (χ1v) is 9.39. The Labute approximate surface area is 167 Å². The minimum Gasteiger partial charge on any atom is -0.496 e. The van der Waals surface area contributed by atoms with Gasteiger partial charge in [-0.2, -0.15) is 0 Å². The second kappa shape index (κ2) is 8.45. The van der Waals surface area contributed by atoms with Crippen LogP contribution < -0.4 is 14.2 Å². The number of amides is 1. The van der Waals surface area contributed by atoms with Gasteiger partial charge in [0.2, 0.25) is 0 Å². The molecule has 0 atom stereocenters. The molecule has 3 rings (SSSR count). The standard InChI is InChI=1S/C20H19NO4S2/c1-23-15-11-17(25-3)16(24-2)9-14(15)10-18-19(22)21(20(26)27-18)12-13-7-5-4-6-8-13/h4-11H,12H2,1-3H3. The molecule has 0 N–H and O–H groups in total. The molecule has 140 valence electrons. The summed E-state index contributed by atoms with van der Waals surface area (Å²) in [6, 6.07) is 13.3. The van der Waals surface area contributed by atoms with E-state index in [0.29, 0.717) is 33.0 Å². The molecule has 1 amide bonds. The van der Waals surface area contributed by atoms with Crippen molar-refractivity contribution in [3.8, 4) is 17.2 Å². The first-order valence-electron chi connectivity index (χ1n) is 8.16. The van der Waals surface area contributed by atoms with Gasteiger partial charge in [-0.05, 0) is 17.7 Å². The predicted molar refractivity (Wildman–Crippen MR) is 111 cm³/mol. The molecule has 27 heavy (non-hydrogen) atoms. The average Bonchev–Trinajstić information content (AvgIpc) is 2.95. The van der Waals surface area contributed by atoms with Crippen molar-refractivity contribution in [3.05, 3.63) is 58.5 Å². The van der Waals surface area contributed by atoms with Crippen LogP contribution in [0.25, 0.3) is 6.08 Å². The van der Waals surface area contributed by atoms with Crippen molar-refractivity contribution in [2.45, 2.75) is 6.54 Å². The van der Waals surface area contributed by atoms with Crippen LogP contribution >= 0.6 is 24.0 Å². The van der Waals surface area contributed by atoms with Gasteiger partial charge in [-0.15, -0.1) is 0 Å². The van der Waals surface area contributed by atoms with Gasteiger partial charge >= 0.3 is 0 Å². The average molecular weight is 402 g/mol. The first kappa shape index (κ1) is 19.3. The summed E-state index contributed by atoms with van der Waals surface area (Å²) in [5.41, 5.74) is 1.74. The van der Waals surface area contributed by atoms with Gasteiger partial charge in [0.15, 0.2) is 11.5 Å². The van der Waals surface area contributed by atoms with Gasteiger partial charge in [0.05, 0.1) is 32.8 Å². The van der Waals surface area contributed by atoms with Crippen LogP contribution in [0.1, 0.15) is 11.1 Å². The molecule has 7 heteroatoms. The molecule has 2 aromatic carbocycles. The SMILES string of the molecule is COc1cc(OC)c(OC)cc1C=C1SC(=S)N(Cc2ccccc2)C1=O. The van der Waals surface area contributed by atoms with Crippen molar-refractivity contribution < 1.29 is 19.0 Å². The molecule has 0 spiro atoms. The third-order valence-electron chi connectivity index (χ3n) is 4.08. The van der Waals surface area contributed by atoms with Crippen LogP contribution in [0.3, 0.4) is 0 Å². The van der Waals surface area contributed by atoms with Crippen molar-refractivity contribution >= 4 is 40.3 Å². The second-order valence-electron chi connectivity index (χ2n) is 5.70. The number of ether oxygens (including phenoxy) is 3. The third kappa shape index (κ3) is 4.09. The minimum atomic E-state index is -0.120. The molecule has 0 aliphatic carbocycles. The van der Waals surface area contributed by atoms with Gasteiger partial charge < -0.3 is 14.2 Å². The summed E-state index contributed by atoms with van der Waals surface area (Å²) >= 11 is 6.69. The highest BCUT2D eigenvalue weighted by Crippen LogP contribution is 2.39. The van der Waals surface area contributed by atoms with E-state index in [4.69, 9.17) is 26.4 Å². The van der Waals surface area contributed by atoms with Gasteiger partial charge in [0.25, 0.3) is 5.91 Å². The Morgan fingerprint density at radius 3 is 2.26 bits per heavy atom. The van der Waals surface area contributed by atoms with Crippen LogP contribution in [-0.2, 0) is 11.3 Å². The summed E-state index contributed by atoms with van der Waals surface area (Å²) < 4.78 is 16.6. The Morgan fingerprint density at radius 1 is 1.00 bits per heavy atom. The lowest BCUT2D eigenvalue weighted by Gasteiger charge is -2.14. The summed E-state index contributed by atoms with van der Waals surface area (Å²) in [5, 5.41) is 0. The Balaban J connectivity index is 1.91. The molecule has 0 bridgehead atoms. The lowest BCUT2D eigenvalue weighted by atomic mass is 10.1. The van der Waals surface area contributed by atoms with Gasteiger partial charge in [-0.25, -0.2) is 0 Å². The Bertz CT molecular complexity index is 896. The quantitative estimate of drug-likeness (QED) is 0.536. The normalized spacial score (nSPS) is 15.4. The maximum Gasteiger partial charge on any atom is 0.266 e. The van der Waals surface area contributed by atoms with E-state index < -0.39 is 0 Å². The summed E-state index contributed by atoms with van der Waals surface area (Å²) in [4.78, 5) is 15.0. The molecule has 1 heterocycles. The number of rotatable bonds is 6. The largest absolute Gasteiger partial charge is 0.496 e. The molecule has 1 aliphatic rings. The molecular weight excluding hydrogens is 382 g/mol. The number of carbonyl (C=O) groups is 1. The lowest BCUT2D eigenvalue weighted by Crippen LogP contribution is -2.27. The zero-order valence-corrected chi connectivity index (χ0v) is 16.9. The fraction of sp³-hybridized carbons (Fsp3) is 0.200. The molecule has 1 aliphatic heterocycles. The van der Waals surface area contributed by atoms with Crippen LogP contribution in [-0.4, -0.2) is 36.5 Å². The molecule has 0 radical (unpaired) electrons. The Morgan fingerprint density at radius 2 is 1.63 bits per heavy atom. The van der Waals surface area contributed by atoms with Gasteiger partial charge in [-0.3, -0.25) is 9.69 Å². The monoisotopic (exact) mass is 401 g/mol. The van der Waals surface area contributed by atoms with Crippen LogP contribution in [0.15, 0.2) is 47.4 Å².